The molecule has 1 heterocycles. The average molecular weight is 376 g/mol. The minimum absolute atomic E-state index is 0.269. The normalized spacial score (nSPS) is 20.0. The molecule has 0 amide bonds. The Bertz CT molecular complexity index is 952. The van der Waals surface area contributed by atoms with Gasteiger partial charge in [0.2, 0.25) is 0 Å². The molecule has 9 heteroatoms. The SMILES string of the molecule is Nc1ccc(C2=C([N+](=O)[O-])CC(N)(c3ncccc3C(F)(F)F)C=C2)cc1. The van der Waals surface area contributed by atoms with Gasteiger partial charge in [0.1, 0.15) is 0 Å². The van der Waals surface area contributed by atoms with Gasteiger partial charge in [-0.1, -0.05) is 18.2 Å². The first-order valence-corrected chi connectivity index (χ1v) is 7.86. The van der Waals surface area contributed by atoms with Gasteiger partial charge in [0.15, 0.2) is 0 Å². The van der Waals surface area contributed by atoms with Crippen molar-refractivity contribution in [2.75, 3.05) is 5.73 Å². The van der Waals surface area contributed by atoms with Crippen LogP contribution in [0.5, 0.6) is 0 Å². The van der Waals surface area contributed by atoms with Gasteiger partial charge in [-0.3, -0.25) is 15.1 Å². The largest absolute Gasteiger partial charge is 0.418 e. The van der Waals surface area contributed by atoms with Crippen molar-refractivity contribution in [2.45, 2.75) is 18.1 Å². The standard InChI is InChI=1S/C18H15F3N4O2/c19-18(20,21)14-2-1-9-24-16(14)17(23)8-7-13(15(10-17)25(26)27)11-3-5-12(22)6-4-11/h1-9H,10,22-23H2. The number of rotatable bonds is 3. The van der Waals surface area contributed by atoms with Crippen LogP contribution >= 0.6 is 0 Å². The van der Waals surface area contributed by atoms with Crippen molar-refractivity contribution in [3.05, 3.63) is 87.4 Å². The minimum atomic E-state index is -4.68. The van der Waals surface area contributed by atoms with Gasteiger partial charge in [0, 0.05) is 11.9 Å². The maximum atomic E-state index is 13.3. The predicted molar refractivity (Wildman–Crippen MR) is 93.6 cm³/mol. The van der Waals surface area contributed by atoms with Crippen molar-refractivity contribution in [1.82, 2.24) is 4.98 Å². The number of anilines is 1. The van der Waals surface area contributed by atoms with E-state index in [0.717, 1.165) is 12.1 Å². The van der Waals surface area contributed by atoms with E-state index in [1.54, 1.807) is 24.3 Å². The molecule has 140 valence electrons. The summed E-state index contributed by atoms with van der Waals surface area (Å²) in [6.07, 6.45) is -1.25. The molecule has 0 spiro atoms. The Labute approximate surface area is 152 Å². The van der Waals surface area contributed by atoms with Crippen LogP contribution in [0.2, 0.25) is 0 Å². The van der Waals surface area contributed by atoms with E-state index >= 15 is 0 Å². The van der Waals surface area contributed by atoms with Gasteiger partial charge in [-0.05, 0) is 35.9 Å². The number of halogens is 3. The highest BCUT2D eigenvalue weighted by Crippen LogP contribution is 2.41. The number of pyridine rings is 1. The zero-order chi connectivity index (χ0) is 19.8. The Morgan fingerprint density at radius 1 is 1.19 bits per heavy atom. The van der Waals surface area contributed by atoms with E-state index in [-0.39, 0.29) is 11.3 Å². The molecule has 0 saturated heterocycles. The lowest BCUT2D eigenvalue weighted by molar-refractivity contribution is -0.428. The van der Waals surface area contributed by atoms with Gasteiger partial charge in [-0.15, -0.1) is 0 Å². The van der Waals surface area contributed by atoms with Crippen molar-refractivity contribution in [2.24, 2.45) is 5.73 Å². The molecule has 0 bridgehead atoms. The zero-order valence-electron chi connectivity index (χ0n) is 13.9. The summed E-state index contributed by atoms with van der Waals surface area (Å²) in [5, 5.41) is 11.6. The zero-order valence-corrected chi connectivity index (χ0v) is 13.9. The molecular formula is C18H15F3N4O2. The molecule has 1 aliphatic carbocycles. The fourth-order valence-electron chi connectivity index (χ4n) is 3.02. The lowest BCUT2D eigenvalue weighted by atomic mass is 9.81. The highest BCUT2D eigenvalue weighted by Gasteiger charge is 2.43. The fourth-order valence-corrected chi connectivity index (χ4v) is 3.02. The van der Waals surface area contributed by atoms with Crippen LogP contribution in [0.25, 0.3) is 5.57 Å². The maximum Gasteiger partial charge on any atom is 0.418 e. The first-order valence-electron chi connectivity index (χ1n) is 7.86. The molecule has 0 aliphatic heterocycles. The van der Waals surface area contributed by atoms with Crippen LogP contribution < -0.4 is 11.5 Å². The summed E-state index contributed by atoms with van der Waals surface area (Å²) in [5.41, 5.74) is 9.54. The second-order valence-corrected chi connectivity index (χ2v) is 6.19. The van der Waals surface area contributed by atoms with Crippen LogP contribution in [0.4, 0.5) is 18.9 Å². The molecule has 1 aromatic carbocycles. The van der Waals surface area contributed by atoms with Gasteiger partial charge in [0.05, 0.1) is 33.7 Å². The number of alkyl halides is 3. The molecule has 1 unspecified atom stereocenters. The van der Waals surface area contributed by atoms with E-state index in [0.29, 0.717) is 11.3 Å². The summed E-state index contributed by atoms with van der Waals surface area (Å²) in [6, 6.07) is 8.37. The summed E-state index contributed by atoms with van der Waals surface area (Å²) < 4.78 is 40.0. The molecule has 1 aromatic heterocycles. The number of nitro groups is 1. The molecule has 1 aliphatic rings. The molecule has 27 heavy (non-hydrogen) atoms. The monoisotopic (exact) mass is 376 g/mol. The summed E-state index contributed by atoms with van der Waals surface area (Å²) in [6.45, 7) is 0. The number of hydrogen-bond acceptors (Lipinski definition) is 5. The van der Waals surface area contributed by atoms with Crippen molar-refractivity contribution in [1.29, 1.82) is 0 Å². The first-order chi connectivity index (χ1) is 12.6. The van der Waals surface area contributed by atoms with Crippen LogP contribution in [-0.4, -0.2) is 9.91 Å². The number of hydrogen-bond donors (Lipinski definition) is 2. The first kappa shape index (κ1) is 18.6. The number of aromatic nitrogens is 1. The molecule has 0 saturated carbocycles. The molecule has 0 radical (unpaired) electrons. The van der Waals surface area contributed by atoms with Crippen molar-refractivity contribution in [3.8, 4) is 0 Å². The summed E-state index contributed by atoms with van der Waals surface area (Å²) >= 11 is 0. The molecule has 3 rings (SSSR count). The topological polar surface area (TPSA) is 108 Å². The van der Waals surface area contributed by atoms with E-state index < -0.39 is 34.3 Å². The van der Waals surface area contributed by atoms with E-state index in [1.807, 2.05) is 0 Å². The van der Waals surface area contributed by atoms with Crippen molar-refractivity contribution in [3.63, 3.8) is 0 Å². The quantitative estimate of drug-likeness (QED) is 0.484. The Hall–Kier alpha value is -3.20. The van der Waals surface area contributed by atoms with Gasteiger partial charge >= 0.3 is 6.18 Å². The van der Waals surface area contributed by atoms with Gasteiger partial charge < -0.3 is 11.5 Å². The van der Waals surface area contributed by atoms with Crippen LogP contribution in [-0.2, 0) is 11.7 Å². The second-order valence-electron chi connectivity index (χ2n) is 6.19. The maximum absolute atomic E-state index is 13.3. The Balaban J connectivity index is 2.10. The summed E-state index contributed by atoms with van der Waals surface area (Å²) in [5.74, 6) is 0. The lowest BCUT2D eigenvalue weighted by Gasteiger charge is -2.30. The van der Waals surface area contributed by atoms with E-state index in [1.165, 1.54) is 18.3 Å². The number of nitrogens with two attached hydrogens (primary N) is 2. The predicted octanol–water partition coefficient (Wildman–Crippen LogP) is 3.48. The highest BCUT2D eigenvalue weighted by molar-refractivity contribution is 5.78. The molecular weight excluding hydrogens is 361 g/mol. The number of nitrogen functional groups attached to an aromatic ring is 1. The molecule has 1 atom stereocenters. The van der Waals surface area contributed by atoms with Gasteiger partial charge in [-0.2, -0.15) is 13.2 Å². The second kappa shape index (κ2) is 6.51. The minimum Gasteiger partial charge on any atom is -0.399 e. The Morgan fingerprint density at radius 2 is 1.85 bits per heavy atom. The van der Waals surface area contributed by atoms with Gasteiger partial charge in [-0.25, -0.2) is 0 Å². The van der Waals surface area contributed by atoms with E-state index in [4.69, 9.17) is 11.5 Å². The van der Waals surface area contributed by atoms with Crippen LogP contribution in [0.15, 0.2) is 60.4 Å². The highest BCUT2D eigenvalue weighted by atomic mass is 19.4. The van der Waals surface area contributed by atoms with Crippen molar-refractivity contribution >= 4 is 11.3 Å². The number of benzene rings is 1. The molecule has 0 fully saturated rings. The van der Waals surface area contributed by atoms with E-state index in [9.17, 15) is 23.3 Å². The Morgan fingerprint density at radius 3 is 2.44 bits per heavy atom. The Kier molecular flexibility index (Phi) is 4.48. The number of allylic oxidation sites excluding steroid dienone is 2. The molecule has 6 nitrogen and oxygen atoms in total. The lowest BCUT2D eigenvalue weighted by Crippen LogP contribution is -2.40. The molecule has 2 aromatic rings. The van der Waals surface area contributed by atoms with Crippen LogP contribution in [0.3, 0.4) is 0 Å². The van der Waals surface area contributed by atoms with Crippen LogP contribution in [0, 0.1) is 10.1 Å². The van der Waals surface area contributed by atoms with E-state index in [2.05, 4.69) is 4.98 Å². The van der Waals surface area contributed by atoms with Gasteiger partial charge in [0.25, 0.3) is 5.70 Å². The molecule has 4 N–H and O–H groups in total. The summed E-state index contributed by atoms with van der Waals surface area (Å²) in [4.78, 5) is 14.8. The third-order valence-corrected chi connectivity index (χ3v) is 4.31. The average Bonchev–Trinajstić information content (AvgIpc) is 2.62. The van der Waals surface area contributed by atoms with Crippen molar-refractivity contribution < 1.29 is 18.1 Å². The third-order valence-electron chi connectivity index (χ3n) is 4.31. The van der Waals surface area contributed by atoms with Crippen LogP contribution in [0.1, 0.15) is 23.2 Å². The summed E-state index contributed by atoms with van der Waals surface area (Å²) in [7, 11) is 0. The number of nitrogens with zero attached hydrogens (tertiary/aromatic N) is 2. The third kappa shape index (κ3) is 3.54. The smallest absolute Gasteiger partial charge is 0.399 e. The fraction of sp³-hybridized carbons (Fsp3) is 0.167.